The summed E-state index contributed by atoms with van der Waals surface area (Å²) < 4.78 is 0. The average Bonchev–Trinajstić information content (AvgIpc) is 2.39. The Hall–Kier alpha value is -1.90. The Morgan fingerprint density at radius 3 is 2.88 bits per heavy atom. The second-order valence-electron chi connectivity index (χ2n) is 3.56. The van der Waals surface area contributed by atoms with E-state index in [9.17, 15) is 0 Å². The summed E-state index contributed by atoms with van der Waals surface area (Å²) in [6.07, 6.45) is 2.74. The van der Waals surface area contributed by atoms with E-state index in [2.05, 4.69) is 28.3 Å². The van der Waals surface area contributed by atoms with Crippen LogP contribution in [-0.2, 0) is 6.42 Å². The van der Waals surface area contributed by atoms with Gasteiger partial charge in [0.05, 0.1) is 0 Å². The van der Waals surface area contributed by atoms with Gasteiger partial charge in [-0.05, 0) is 24.6 Å². The van der Waals surface area contributed by atoms with Gasteiger partial charge in [-0.2, -0.15) is 0 Å². The molecular formula is C13H15N3. The molecule has 1 heterocycles. The first-order valence-corrected chi connectivity index (χ1v) is 5.43. The minimum atomic E-state index is 0.788. The van der Waals surface area contributed by atoms with Crippen molar-refractivity contribution in [2.75, 3.05) is 12.4 Å². The van der Waals surface area contributed by atoms with Crippen LogP contribution in [0.3, 0.4) is 0 Å². The smallest absolute Gasteiger partial charge is 0.159 e. The van der Waals surface area contributed by atoms with Gasteiger partial charge in [-0.3, -0.25) is 0 Å². The first kappa shape index (κ1) is 10.6. The first-order chi connectivity index (χ1) is 7.83. The zero-order chi connectivity index (χ0) is 11.4. The number of aryl methyl sites for hydroxylation is 1. The number of nitrogens with zero attached hydrogens (tertiary/aromatic N) is 2. The van der Waals surface area contributed by atoms with Crippen LogP contribution in [0.4, 0.5) is 5.69 Å². The molecule has 1 aromatic heterocycles. The lowest BCUT2D eigenvalue weighted by Gasteiger charge is -2.04. The Bertz CT molecular complexity index is 435. The first-order valence-electron chi connectivity index (χ1n) is 5.43. The third-order valence-electron chi connectivity index (χ3n) is 2.48. The van der Waals surface area contributed by atoms with Gasteiger partial charge in [-0.25, -0.2) is 9.97 Å². The molecule has 2 rings (SSSR count). The molecule has 0 saturated carbocycles. The number of benzene rings is 1. The summed E-state index contributed by atoms with van der Waals surface area (Å²) in [6.45, 7) is 2.09. The summed E-state index contributed by atoms with van der Waals surface area (Å²) in [4.78, 5) is 8.79. The molecule has 1 aromatic carbocycles. The standard InChI is InChI=1S/C13H15N3/c1-3-11-7-8-15-13(16-11)10-5-4-6-12(9-10)14-2/h4-9,14H,3H2,1-2H3. The topological polar surface area (TPSA) is 37.8 Å². The van der Waals surface area contributed by atoms with Crippen molar-refractivity contribution in [3.8, 4) is 11.4 Å². The molecule has 3 nitrogen and oxygen atoms in total. The Balaban J connectivity index is 2.41. The van der Waals surface area contributed by atoms with Gasteiger partial charge in [0.15, 0.2) is 5.82 Å². The highest BCUT2D eigenvalue weighted by atomic mass is 14.9. The second-order valence-corrected chi connectivity index (χ2v) is 3.56. The summed E-state index contributed by atoms with van der Waals surface area (Å²) >= 11 is 0. The van der Waals surface area contributed by atoms with E-state index >= 15 is 0 Å². The highest BCUT2D eigenvalue weighted by Crippen LogP contribution is 2.18. The molecule has 82 valence electrons. The summed E-state index contributed by atoms with van der Waals surface area (Å²) in [6, 6.07) is 10.0. The predicted octanol–water partition coefficient (Wildman–Crippen LogP) is 2.75. The quantitative estimate of drug-likeness (QED) is 0.851. The Kier molecular flexibility index (Phi) is 3.15. The van der Waals surface area contributed by atoms with E-state index in [-0.39, 0.29) is 0 Å². The van der Waals surface area contributed by atoms with Gasteiger partial charge in [0.25, 0.3) is 0 Å². The van der Waals surface area contributed by atoms with Crippen molar-refractivity contribution >= 4 is 5.69 Å². The van der Waals surface area contributed by atoms with Gasteiger partial charge >= 0.3 is 0 Å². The molecule has 0 spiro atoms. The number of nitrogens with one attached hydrogen (secondary N) is 1. The van der Waals surface area contributed by atoms with E-state index in [1.54, 1.807) is 0 Å². The lowest BCUT2D eigenvalue weighted by molar-refractivity contribution is 1.01. The van der Waals surface area contributed by atoms with Gasteiger partial charge in [-0.15, -0.1) is 0 Å². The van der Waals surface area contributed by atoms with Crippen molar-refractivity contribution < 1.29 is 0 Å². The van der Waals surface area contributed by atoms with Crippen molar-refractivity contribution in [1.29, 1.82) is 0 Å². The van der Waals surface area contributed by atoms with Crippen molar-refractivity contribution in [2.45, 2.75) is 13.3 Å². The number of hydrogen-bond donors (Lipinski definition) is 1. The zero-order valence-corrected chi connectivity index (χ0v) is 9.57. The molecule has 0 aliphatic heterocycles. The minimum Gasteiger partial charge on any atom is -0.388 e. The maximum atomic E-state index is 4.50. The normalized spacial score (nSPS) is 10.1. The molecule has 0 aliphatic rings. The van der Waals surface area contributed by atoms with E-state index in [1.807, 2.05) is 37.5 Å². The fraction of sp³-hybridized carbons (Fsp3) is 0.231. The SMILES string of the molecule is CCc1ccnc(-c2cccc(NC)c2)n1. The lowest BCUT2D eigenvalue weighted by atomic mass is 10.2. The molecule has 0 unspecified atom stereocenters. The molecule has 3 heteroatoms. The molecule has 16 heavy (non-hydrogen) atoms. The van der Waals surface area contributed by atoms with Crippen LogP contribution in [0.25, 0.3) is 11.4 Å². The van der Waals surface area contributed by atoms with Crippen LogP contribution >= 0.6 is 0 Å². The summed E-state index contributed by atoms with van der Waals surface area (Å²) in [5.74, 6) is 0.788. The molecule has 1 N–H and O–H groups in total. The molecule has 2 aromatic rings. The second kappa shape index (κ2) is 4.75. The van der Waals surface area contributed by atoms with Gasteiger partial charge in [0.2, 0.25) is 0 Å². The third-order valence-corrected chi connectivity index (χ3v) is 2.48. The number of aromatic nitrogens is 2. The molecular weight excluding hydrogens is 198 g/mol. The van der Waals surface area contributed by atoms with Crippen LogP contribution in [0.15, 0.2) is 36.5 Å². The minimum absolute atomic E-state index is 0.788. The van der Waals surface area contributed by atoms with Gasteiger partial charge in [0.1, 0.15) is 0 Å². The van der Waals surface area contributed by atoms with Crippen LogP contribution in [0.1, 0.15) is 12.6 Å². The molecule has 0 amide bonds. The average molecular weight is 213 g/mol. The number of anilines is 1. The van der Waals surface area contributed by atoms with E-state index < -0.39 is 0 Å². The highest BCUT2D eigenvalue weighted by Gasteiger charge is 2.02. The predicted molar refractivity (Wildman–Crippen MR) is 66.4 cm³/mol. The maximum Gasteiger partial charge on any atom is 0.159 e. The number of hydrogen-bond acceptors (Lipinski definition) is 3. The monoisotopic (exact) mass is 213 g/mol. The van der Waals surface area contributed by atoms with Crippen LogP contribution in [-0.4, -0.2) is 17.0 Å². The summed E-state index contributed by atoms with van der Waals surface area (Å²) in [7, 11) is 1.91. The van der Waals surface area contributed by atoms with Gasteiger partial charge < -0.3 is 5.32 Å². The maximum absolute atomic E-state index is 4.50. The fourth-order valence-electron chi connectivity index (χ4n) is 1.55. The molecule has 0 aliphatic carbocycles. The van der Waals surface area contributed by atoms with Crippen molar-refractivity contribution in [1.82, 2.24) is 9.97 Å². The summed E-state index contributed by atoms with van der Waals surface area (Å²) in [5.41, 5.74) is 3.19. The van der Waals surface area contributed by atoms with E-state index in [0.717, 1.165) is 29.2 Å². The molecule has 0 atom stereocenters. The van der Waals surface area contributed by atoms with Crippen molar-refractivity contribution in [2.24, 2.45) is 0 Å². The van der Waals surface area contributed by atoms with Gasteiger partial charge in [-0.1, -0.05) is 19.1 Å². The van der Waals surface area contributed by atoms with E-state index in [0.29, 0.717) is 0 Å². The summed E-state index contributed by atoms with van der Waals surface area (Å²) in [5, 5.41) is 3.11. The highest BCUT2D eigenvalue weighted by molar-refractivity contribution is 5.62. The van der Waals surface area contributed by atoms with Crippen molar-refractivity contribution in [3.05, 3.63) is 42.2 Å². The van der Waals surface area contributed by atoms with Crippen LogP contribution in [0, 0.1) is 0 Å². The molecule has 0 saturated heterocycles. The lowest BCUT2D eigenvalue weighted by Crippen LogP contribution is -1.94. The van der Waals surface area contributed by atoms with Crippen LogP contribution in [0.2, 0.25) is 0 Å². The largest absolute Gasteiger partial charge is 0.388 e. The Morgan fingerprint density at radius 1 is 1.25 bits per heavy atom. The third kappa shape index (κ3) is 2.19. The zero-order valence-electron chi connectivity index (χ0n) is 9.57. The molecule has 0 bridgehead atoms. The van der Waals surface area contributed by atoms with E-state index in [4.69, 9.17) is 0 Å². The van der Waals surface area contributed by atoms with Gasteiger partial charge in [0, 0.05) is 30.2 Å². The van der Waals surface area contributed by atoms with Crippen LogP contribution < -0.4 is 5.32 Å². The molecule has 0 radical (unpaired) electrons. The van der Waals surface area contributed by atoms with Crippen molar-refractivity contribution in [3.63, 3.8) is 0 Å². The van der Waals surface area contributed by atoms with Crippen LogP contribution in [0.5, 0.6) is 0 Å². The number of rotatable bonds is 3. The Labute approximate surface area is 95.6 Å². The Morgan fingerprint density at radius 2 is 2.12 bits per heavy atom. The van der Waals surface area contributed by atoms with E-state index in [1.165, 1.54) is 0 Å². The molecule has 0 fully saturated rings. The fourth-order valence-corrected chi connectivity index (χ4v) is 1.55.